The second-order valence-electron chi connectivity index (χ2n) is 7.75. The predicted octanol–water partition coefficient (Wildman–Crippen LogP) is 4.26. The van der Waals surface area contributed by atoms with Crippen molar-refractivity contribution in [3.63, 3.8) is 0 Å². The second kappa shape index (κ2) is 8.29. The van der Waals surface area contributed by atoms with E-state index in [0.717, 1.165) is 25.1 Å². The first-order valence-corrected chi connectivity index (χ1v) is 10.1. The Morgan fingerprint density at radius 2 is 1.86 bits per heavy atom. The average Bonchev–Trinajstić information content (AvgIpc) is 3.04. The summed E-state index contributed by atoms with van der Waals surface area (Å²) in [7, 11) is 0. The topological polar surface area (TPSA) is 46.6 Å². The summed E-state index contributed by atoms with van der Waals surface area (Å²) in [6.07, 6.45) is 4.31. The Kier molecular flexibility index (Phi) is 5.58. The third-order valence-corrected chi connectivity index (χ3v) is 5.65. The minimum Gasteiger partial charge on any atom is -0.477 e. The van der Waals surface area contributed by atoms with Crippen LogP contribution in [0.5, 0.6) is 0 Å². The van der Waals surface area contributed by atoms with Gasteiger partial charge in [0.25, 0.3) is 0 Å². The number of hydrogen-bond acceptors (Lipinski definition) is 4. The van der Waals surface area contributed by atoms with Gasteiger partial charge in [0, 0.05) is 30.2 Å². The SMILES string of the molecule is O=C(CCCN1CCCC2(C1)OC(c1ccccc1)=CC2=O)c1ccc(F)cc1. The van der Waals surface area contributed by atoms with Gasteiger partial charge in [-0.2, -0.15) is 0 Å². The molecule has 2 aromatic rings. The molecule has 4 nitrogen and oxygen atoms in total. The molecule has 29 heavy (non-hydrogen) atoms. The summed E-state index contributed by atoms with van der Waals surface area (Å²) in [4.78, 5) is 27.2. The number of benzene rings is 2. The van der Waals surface area contributed by atoms with Crippen molar-refractivity contribution < 1.29 is 18.7 Å². The van der Waals surface area contributed by atoms with E-state index in [2.05, 4.69) is 4.90 Å². The normalized spacial score (nSPS) is 21.8. The van der Waals surface area contributed by atoms with Crippen LogP contribution in [-0.4, -0.2) is 41.7 Å². The third-order valence-electron chi connectivity index (χ3n) is 5.65. The zero-order chi connectivity index (χ0) is 20.3. The zero-order valence-electron chi connectivity index (χ0n) is 16.3. The van der Waals surface area contributed by atoms with Gasteiger partial charge in [-0.15, -0.1) is 0 Å². The number of carbonyl (C=O) groups excluding carboxylic acids is 2. The maximum atomic E-state index is 13.0. The fourth-order valence-electron chi connectivity index (χ4n) is 4.11. The number of halogens is 1. The molecule has 1 saturated heterocycles. The standard InChI is InChI=1S/C24H24FNO3/c25-20-11-9-18(10-12-20)21(27)8-4-14-26-15-5-13-24(17-26)23(28)16-22(29-24)19-6-2-1-3-7-19/h1-3,6-7,9-12,16H,4-5,8,13-15,17H2. The summed E-state index contributed by atoms with van der Waals surface area (Å²) >= 11 is 0. The zero-order valence-corrected chi connectivity index (χ0v) is 16.3. The first-order valence-electron chi connectivity index (χ1n) is 10.1. The average molecular weight is 393 g/mol. The Morgan fingerprint density at radius 3 is 2.62 bits per heavy atom. The fraction of sp³-hybridized carbons (Fsp3) is 0.333. The van der Waals surface area contributed by atoms with Crippen LogP contribution in [0.15, 0.2) is 60.7 Å². The molecule has 2 aliphatic rings. The molecule has 0 bridgehead atoms. The molecule has 0 aromatic heterocycles. The molecule has 1 fully saturated rings. The first kappa shape index (κ1) is 19.5. The van der Waals surface area contributed by atoms with Gasteiger partial charge in [-0.25, -0.2) is 4.39 Å². The fourth-order valence-corrected chi connectivity index (χ4v) is 4.11. The summed E-state index contributed by atoms with van der Waals surface area (Å²) in [5.74, 6) is 0.343. The molecule has 0 amide bonds. The van der Waals surface area contributed by atoms with Gasteiger partial charge in [0.15, 0.2) is 11.4 Å². The van der Waals surface area contributed by atoms with Crippen LogP contribution < -0.4 is 0 Å². The largest absolute Gasteiger partial charge is 0.477 e. The number of likely N-dealkylation sites (tertiary alicyclic amines) is 1. The van der Waals surface area contributed by atoms with Crippen LogP contribution in [0.3, 0.4) is 0 Å². The van der Waals surface area contributed by atoms with Crippen LogP contribution >= 0.6 is 0 Å². The highest BCUT2D eigenvalue weighted by Gasteiger charge is 2.47. The molecule has 150 valence electrons. The molecule has 1 atom stereocenters. The van der Waals surface area contributed by atoms with E-state index in [9.17, 15) is 14.0 Å². The van der Waals surface area contributed by atoms with E-state index in [-0.39, 0.29) is 17.4 Å². The lowest BCUT2D eigenvalue weighted by molar-refractivity contribution is -0.133. The smallest absolute Gasteiger partial charge is 0.204 e. The molecular weight excluding hydrogens is 369 g/mol. The van der Waals surface area contributed by atoms with Crippen molar-refractivity contribution >= 4 is 17.3 Å². The van der Waals surface area contributed by atoms with E-state index >= 15 is 0 Å². The molecule has 2 aliphatic heterocycles. The van der Waals surface area contributed by atoms with E-state index in [1.165, 1.54) is 24.3 Å². The number of nitrogens with zero attached hydrogens (tertiary/aromatic N) is 1. The Hall–Kier alpha value is -2.79. The van der Waals surface area contributed by atoms with Gasteiger partial charge in [0.1, 0.15) is 11.6 Å². The van der Waals surface area contributed by atoms with Crippen LogP contribution in [0.25, 0.3) is 5.76 Å². The number of carbonyl (C=O) groups is 2. The van der Waals surface area contributed by atoms with Gasteiger partial charge < -0.3 is 4.74 Å². The highest BCUT2D eigenvalue weighted by molar-refractivity contribution is 6.05. The van der Waals surface area contributed by atoms with Crippen LogP contribution in [0.4, 0.5) is 4.39 Å². The third kappa shape index (κ3) is 4.30. The molecular formula is C24H24FNO3. The minimum absolute atomic E-state index is 0.0120. The monoisotopic (exact) mass is 393 g/mol. The predicted molar refractivity (Wildman–Crippen MR) is 109 cm³/mol. The maximum absolute atomic E-state index is 13.0. The van der Waals surface area contributed by atoms with Crippen molar-refractivity contribution in [1.82, 2.24) is 4.90 Å². The molecule has 4 rings (SSSR count). The minimum atomic E-state index is -0.801. The number of piperidine rings is 1. The maximum Gasteiger partial charge on any atom is 0.204 e. The van der Waals surface area contributed by atoms with Gasteiger partial charge in [0.05, 0.1) is 0 Å². The lowest BCUT2D eigenvalue weighted by Crippen LogP contribution is -2.52. The van der Waals surface area contributed by atoms with E-state index in [1.807, 2.05) is 30.3 Å². The Labute approximate surface area is 170 Å². The van der Waals surface area contributed by atoms with Gasteiger partial charge in [-0.05, 0) is 56.6 Å². The molecule has 2 aromatic carbocycles. The van der Waals surface area contributed by atoms with Gasteiger partial charge in [-0.1, -0.05) is 30.3 Å². The summed E-state index contributed by atoms with van der Waals surface area (Å²) < 4.78 is 19.2. The second-order valence-corrected chi connectivity index (χ2v) is 7.75. The molecule has 1 unspecified atom stereocenters. The lowest BCUT2D eigenvalue weighted by Gasteiger charge is -2.39. The van der Waals surface area contributed by atoms with Gasteiger partial charge >= 0.3 is 0 Å². The highest BCUT2D eigenvalue weighted by Crippen LogP contribution is 2.37. The Bertz CT molecular complexity index is 923. The van der Waals surface area contributed by atoms with Crippen molar-refractivity contribution in [2.24, 2.45) is 0 Å². The van der Waals surface area contributed by atoms with E-state index in [4.69, 9.17) is 4.74 Å². The summed E-state index contributed by atoms with van der Waals surface area (Å²) in [5, 5.41) is 0. The van der Waals surface area contributed by atoms with E-state index < -0.39 is 5.60 Å². The van der Waals surface area contributed by atoms with Crippen LogP contribution in [0, 0.1) is 5.82 Å². The number of rotatable bonds is 6. The number of ketones is 2. The lowest BCUT2D eigenvalue weighted by atomic mass is 9.89. The van der Waals surface area contributed by atoms with Crippen LogP contribution in [0.1, 0.15) is 41.6 Å². The Morgan fingerprint density at radius 1 is 1.10 bits per heavy atom. The molecule has 0 N–H and O–H groups in total. The van der Waals surface area contributed by atoms with Gasteiger partial charge in [0.2, 0.25) is 5.78 Å². The van der Waals surface area contributed by atoms with Crippen molar-refractivity contribution in [3.05, 3.63) is 77.6 Å². The number of ether oxygens (including phenoxy) is 1. The van der Waals surface area contributed by atoms with Crippen molar-refractivity contribution in [2.45, 2.75) is 31.3 Å². The Balaban J connectivity index is 1.32. The molecule has 2 heterocycles. The van der Waals surface area contributed by atoms with Crippen molar-refractivity contribution in [1.29, 1.82) is 0 Å². The summed E-state index contributed by atoms with van der Waals surface area (Å²) in [6.45, 7) is 2.17. The molecule has 0 aliphatic carbocycles. The number of hydrogen-bond donors (Lipinski definition) is 0. The van der Waals surface area contributed by atoms with Crippen molar-refractivity contribution in [3.8, 4) is 0 Å². The molecule has 0 saturated carbocycles. The molecule has 5 heteroatoms. The van der Waals surface area contributed by atoms with Crippen LogP contribution in [-0.2, 0) is 9.53 Å². The molecule has 0 radical (unpaired) electrons. The van der Waals surface area contributed by atoms with E-state index in [1.54, 1.807) is 6.08 Å². The quantitative estimate of drug-likeness (QED) is 0.688. The first-order chi connectivity index (χ1) is 14.1. The highest BCUT2D eigenvalue weighted by atomic mass is 19.1. The van der Waals surface area contributed by atoms with Crippen LogP contribution in [0.2, 0.25) is 0 Å². The summed E-state index contributed by atoms with van der Waals surface area (Å²) in [6, 6.07) is 15.3. The summed E-state index contributed by atoms with van der Waals surface area (Å²) in [5.41, 5.74) is 0.650. The molecule has 1 spiro atoms. The number of Topliss-reactive ketones (excluding diaryl/α,β-unsaturated/α-hetero) is 1. The van der Waals surface area contributed by atoms with Crippen molar-refractivity contribution in [2.75, 3.05) is 19.6 Å². The van der Waals surface area contributed by atoms with E-state index in [0.29, 0.717) is 37.1 Å². The van der Waals surface area contributed by atoms with Gasteiger partial charge in [-0.3, -0.25) is 14.5 Å².